The highest BCUT2D eigenvalue weighted by molar-refractivity contribution is 6.43. The number of imidazole rings is 1. The molecule has 1 aromatic heterocycles. The Morgan fingerprint density at radius 3 is 1.74 bits per heavy atom. The van der Waals surface area contributed by atoms with Gasteiger partial charge in [0.2, 0.25) is 0 Å². The molecule has 0 unspecified atom stereocenters. The topological polar surface area (TPSA) is 89.9 Å². The maximum Gasteiger partial charge on any atom is 0.303 e. The molecule has 290 valence electrons. The lowest BCUT2D eigenvalue weighted by Gasteiger charge is -2.23. The van der Waals surface area contributed by atoms with Gasteiger partial charge in [0.05, 0.1) is 51.0 Å². The number of allylic oxidation sites excluding steroid dienone is 1. The minimum atomic E-state index is -0.839. The van der Waals surface area contributed by atoms with Crippen LogP contribution in [0, 0.1) is 0 Å². The van der Waals surface area contributed by atoms with Gasteiger partial charge in [-0.05, 0) is 50.3 Å². The van der Waals surface area contributed by atoms with Crippen LogP contribution in [0.5, 0.6) is 0 Å². The number of hydrogen-bond acceptors (Lipinski definition) is 4. The molecule has 0 saturated heterocycles. The summed E-state index contributed by atoms with van der Waals surface area (Å²) in [5.41, 5.74) is 7.35. The molecule has 12 heteroatoms. The van der Waals surface area contributed by atoms with Crippen molar-refractivity contribution in [3.63, 3.8) is 0 Å². The number of carbonyl (C=O) groups is 2. The quantitative estimate of drug-likeness (QED) is 0.0532. The number of benzene rings is 2. The van der Waals surface area contributed by atoms with Crippen LogP contribution in [0.1, 0.15) is 122 Å². The van der Waals surface area contributed by atoms with Crippen molar-refractivity contribution < 1.29 is 24.4 Å². The summed E-state index contributed by atoms with van der Waals surface area (Å²) in [5.74, 6) is 0.184. The van der Waals surface area contributed by atoms with E-state index in [2.05, 4.69) is 38.5 Å². The third-order valence-electron chi connectivity index (χ3n) is 9.86. The highest BCUT2D eigenvalue weighted by Crippen LogP contribution is 2.45. The lowest BCUT2D eigenvalue weighted by atomic mass is 10.1. The summed E-state index contributed by atoms with van der Waals surface area (Å²) in [6, 6.07) is 7.57. The maximum atomic E-state index is 11.5. The molecule has 0 aliphatic carbocycles. The van der Waals surface area contributed by atoms with Gasteiger partial charge in [0.1, 0.15) is 0 Å². The van der Waals surface area contributed by atoms with Crippen LogP contribution in [0.15, 0.2) is 41.9 Å². The molecule has 0 spiro atoms. The zero-order valence-electron chi connectivity index (χ0n) is 31.2. The second-order valence-corrected chi connectivity index (χ2v) is 15.6. The van der Waals surface area contributed by atoms with Crippen molar-refractivity contribution in [1.29, 1.82) is 0 Å². The molecular formula is C41H55Cl4N4O4+. The highest BCUT2D eigenvalue weighted by atomic mass is 35.5. The Kier molecular flexibility index (Phi) is 17.7. The molecule has 0 fully saturated rings. The summed E-state index contributed by atoms with van der Waals surface area (Å²) in [6.07, 6.45) is 17.4. The van der Waals surface area contributed by atoms with E-state index >= 15 is 0 Å². The Labute approximate surface area is 334 Å². The second-order valence-electron chi connectivity index (χ2n) is 13.9. The highest BCUT2D eigenvalue weighted by Gasteiger charge is 2.32. The van der Waals surface area contributed by atoms with Crippen LogP contribution in [0.25, 0.3) is 11.0 Å². The standard InChI is InChI=1S/C41H54Cl4N4O4/c1-3-5-7-9-11-13-22-46-34-26-30(42)32(44)28-36(34)48(24-16-20-40(50)51)38(46)18-15-19-39-47(23-14-12-10-8-6-4-2)35-27-31(43)33(45)29-37(35)49(39)25-17-21-41(52)53/h15,26-29H,3-14,16-18,20-25H2,1-2H3,(H-,50,51,52,53)/p+1. The third-order valence-corrected chi connectivity index (χ3v) is 11.3. The van der Waals surface area contributed by atoms with Gasteiger partial charge in [-0.2, -0.15) is 0 Å². The summed E-state index contributed by atoms with van der Waals surface area (Å²) in [7, 11) is 0. The van der Waals surface area contributed by atoms with Gasteiger partial charge < -0.3 is 20.0 Å². The summed E-state index contributed by atoms with van der Waals surface area (Å²) < 4.78 is 4.49. The van der Waals surface area contributed by atoms with Crippen molar-refractivity contribution in [2.24, 2.45) is 0 Å². The molecule has 2 N–H and O–H groups in total. The van der Waals surface area contributed by atoms with Crippen LogP contribution in [-0.4, -0.2) is 39.8 Å². The zero-order valence-corrected chi connectivity index (χ0v) is 34.3. The molecule has 0 saturated carbocycles. The lowest BCUT2D eigenvalue weighted by molar-refractivity contribution is -0.679. The van der Waals surface area contributed by atoms with Gasteiger partial charge in [-0.3, -0.25) is 9.59 Å². The molecule has 0 atom stereocenters. The average molecular weight is 810 g/mol. The smallest absolute Gasteiger partial charge is 0.303 e. The number of hydrogen-bond donors (Lipinski definition) is 2. The van der Waals surface area contributed by atoms with E-state index in [0.29, 0.717) is 52.4 Å². The molecule has 0 bridgehead atoms. The number of aliphatic carboxylic acids is 2. The molecule has 2 aromatic carbocycles. The molecule has 3 aromatic rings. The monoisotopic (exact) mass is 807 g/mol. The number of nitrogens with zero attached hydrogens (tertiary/aromatic N) is 4. The largest absolute Gasteiger partial charge is 0.481 e. The van der Waals surface area contributed by atoms with E-state index < -0.39 is 11.9 Å². The fourth-order valence-corrected chi connectivity index (χ4v) is 7.78. The van der Waals surface area contributed by atoms with Crippen molar-refractivity contribution >= 4 is 80.8 Å². The first-order valence-electron chi connectivity index (χ1n) is 19.4. The van der Waals surface area contributed by atoms with E-state index in [1.165, 1.54) is 51.4 Å². The van der Waals surface area contributed by atoms with E-state index in [4.69, 9.17) is 46.4 Å². The average Bonchev–Trinajstić information content (AvgIpc) is 3.54. The van der Waals surface area contributed by atoms with Crippen molar-refractivity contribution in [2.45, 2.75) is 136 Å². The number of halogens is 4. The van der Waals surface area contributed by atoms with Gasteiger partial charge in [-0.1, -0.05) is 124 Å². The summed E-state index contributed by atoms with van der Waals surface area (Å²) >= 11 is 26.3. The molecule has 2 heterocycles. The van der Waals surface area contributed by atoms with E-state index in [9.17, 15) is 19.8 Å². The molecule has 53 heavy (non-hydrogen) atoms. The predicted octanol–water partition coefficient (Wildman–Crippen LogP) is 11.9. The summed E-state index contributed by atoms with van der Waals surface area (Å²) in [5, 5.41) is 20.8. The first kappa shape index (κ1) is 42.9. The van der Waals surface area contributed by atoms with Gasteiger partial charge in [0.15, 0.2) is 16.9 Å². The van der Waals surface area contributed by atoms with Crippen LogP contribution in [0.3, 0.4) is 0 Å². The van der Waals surface area contributed by atoms with Crippen LogP contribution < -0.4 is 14.4 Å². The van der Waals surface area contributed by atoms with Gasteiger partial charge in [-0.15, -0.1) is 0 Å². The Hall–Kier alpha value is -2.87. The number of anilines is 2. The number of carboxylic acid groups (broad SMARTS) is 2. The number of fused-ring (bicyclic) bond motifs is 2. The van der Waals surface area contributed by atoms with E-state index in [1.807, 2.05) is 30.3 Å². The zero-order chi connectivity index (χ0) is 38.3. The van der Waals surface area contributed by atoms with Gasteiger partial charge in [-0.25, -0.2) is 9.13 Å². The molecule has 8 nitrogen and oxygen atoms in total. The fourth-order valence-electron chi connectivity index (χ4n) is 7.15. The normalized spacial score (nSPS) is 12.5. The Morgan fingerprint density at radius 2 is 1.15 bits per heavy atom. The van der Waals surface area contributed by atoms with Crippen LogP contribution in [0.4, 0.5) is 11.4 Å². The van der Waals surface area contributed by atoms with E-state index in [-0.39, 0.29) is 12.8 Å². The maximum absolute atomic E-state index is 11.5. The fraction of sp³-hybridized carbons (Fsp3) is 0.561. The Balaban J connectivity index is 1.78. The van der Waals surface area contributed by atoms with Crippen LogP contribution in [0.2, 0.25) is 20.1 Å². The predicted molar refractivity (Wildman–Crippen MR) is 219 cm³/mol. The lowest BCUT2D eigenvalue weighted by Crippen LogP contribution is -2.38. The van der Waals surface area contributed by atoms with Crippen LogP contribution in [-0.2, 0) is 29.1 Å². The number of rotatable bonds is 24. The first-order chi connectivity index (χ1) is 25.6. The molecular weight excluding hydrogens is 754 g/mol. The Morgan fingerprint density at radius 1 is 0.660 bits per heavy atom. The number of carboxylic acids is 2. The van der Waals surface area contributed by atoms with Gasteiger partial charge in [0, 0.05) is 38.1 Å². The SMILES string of the molecule is CCCCCCCCN1C(=C=CCc2n(CCCCCCCC)c3cc(Cl)c(Cl)cc3[n+]2CCCC(=O)O)N(CCCC(=O)O)c2cc(Cl)c(Cl)cc21. The number of aromatic nitrogens is 2. The Bertz CT molecular complexity index is 1770. The molecule has 0 radical (unpaired) electrons. The number of unbranched alkanes of at least 4 members (excludes halogenated alkanes) is 10. The second kappa shape index (κ2) is 21.9. The van der Waals surface area contributed by atoms with Gasteiger partial charge in [0.25, 0.3) is 5.82 Å². The van der Waals surface area contributed by atoms with Crippen molar-refractivity contribution in [3.05, 3.63) is 67.8 Å². The van der Waals surface area contributed by atoms with Crippen molar-refractivity contribution in [1.82, 2.24) is 4.57 Å². The van der Waals surface area contributed by atoms with Crippen molar-refractivity contribution in [2.75, 3.05) is 22.9 Å². The van der Waals surface area contributed by atoms with E-state index in [1.54, 1.807) is 0 Å². The van der Waals surface area contributed by atoms with Gasteiger partial charge >= 0.3 is 11.9 Å². The molecule has 0 amide bonds. The molecule has 1 aliphatic heterocycles. The van der Waals surface area contributed by atoms with Crippen molar-refractivity contribution in [3.8, 4) is 0 Å². The molecule has 1 aliphatic rings. The summed E-state index contributed by atoms with van der Waals surface area (Å²) in [6.45, 7) is 6.97. The molecule has 4 rings (SSSR count). The van der Waals surface area contributed by atoms with E-state index in [0.717, 1.165) is 72.8 Å². The first-order valence-corrected chi connectivity index (χ1v) is 20.9. The number of aryl methyl sites for hydroxylation is 2. The minimum absolute atomic E-state index is 0.0432. The minimum Gasteiger partial charge on any atom is -0.481 e. The summed E-state index contributed by atoms with van der Waals surface area (Å²) in [4.78, 5) is 27.4. The third kappa shape index (κ3) is 12.1. The van der Waals surface area contributed by atoms with Crippen LogP contribution >= 0.6 is 46.4 Å².